The van der Waals surface area contributed by atoms with Gasteiger partial charge < -0.3 is 9.64 Å². The van der Waals surface area contributed by atoms with Gasteiger partial charge >= 0.3 is 6.09 Å². The Morgan fingerprint density at radius 2 is 2.25 bits per heavy atom. The van der Waals surface area contributed by atoms with Gasteiger partial charge in [0, 0.05) is 13.1 Å². The third kappa shape index (κ3) is 1.98. The highest BCUT2D eigenvalue weighted by Gasteiger charge is 2.22. The monoisotopic (exact) mass is 216 g/mol. The fourth-order valence-electron chi connectivity index (χ4n) is 1.49. The smallest absolute Gasteiger partial charge is 0.410 e. The molecule has 0 spiro atoms. The van der Waals surface area contributed by atoms with Crippen molar-refractivity contribution in [3.8, 4) is 11.8 Å². The van der Waals surface area contributed by atoms with Crippen molar-refractivity contribution < 1.29 is 9.53 Å². The fourth-order valence-corrected chi connectivity index (χ4v) is 1.49. The first-order chi connectivity index (χ1) is 7.70. The molecule has 1 aliphatic heterocycles. The molecule has 16 heavy (non-hydrogen) atoms. The molecule has 0 saturated carbocycles. The lowest BCUT2D eigenvalue weighted by Gasteiger charge is -2.29. The molecular formula is C12H12N2O2. The quantitative estimate of drug-likeness (QED) is 0.722. The number of amides is 1. The molecule has 0 bridgehead atoms. The molecule has 1 amide bonds. The lowest BCUT2D eigenvalue weighted by Crippen LogP contribution is -2.43. The van der Waals surface area contributed by atoms with Crippen molar-refractivity contribution >= 4 is 6.09 Å². The Labute approximate surface area is 94.0 Å². The maximum absolute atomic E-state index is 11.5. The Morgan fingerprint density at radius 1 is 1.50 bits per heavy atom. The van der Waals surface area contributed by atoms with Crippen molar-refractivity contribution in [1.82, 2.24) is 4.90 Å². The van der Waals surface area contributed by atoms with E-state index >= 15 is 0 Å². The molecule has 1 fully saturated rings. The molecule has 0 unspecified atom stereocenters. The molecule has 0 radical (unpaired) electrons. The van der Waals surface area contributed by atoms with Crippen molar-refractivity contribution in [3.05, 3.63) is 29.3 Å². The summed E-state index contributed by atoms with van der Waals surface area (Å²) in [5.74, 6) is 0.524. The Balaban J connectivity index is 2.09. The molecule has 0 aliphatic carbocycles. The van der Waals surface area contributed by atoms with E-state index in [-0.39, 0.29) is 6.09 Å². The summed E-state index contributed by atoms with van der Waals surface area (Å²) in [5, 5.41) is 8.70. The van der Waals surface area contributed by atoms with E-state index in [1.165, 1.54) is 0 Å². The third-order valence-electron chi connectivity index (χ3n) is 2.62. The molecule has 1 aromatic carbocycles. The van der Waals surface area contributed by atoms with Gasteiger partial charge in [-0.3, -0.25) is 0 Å². The van der Waals surface area contributed by atoms with E-state index in [9.17, 15) is 4.79 Å². The van der Waals surface area contributed by atoms with E-state index in [1.807, 2.05) is 13.0 Å². The molecule has 4 heteroatoms. The molecule has 1 heterocycles. The summed E-state index contributed by atoms with van der Waals surface area (Å²) >= 11 is 0. The van der Waals surface area contributed by atoms with E-state index in [1.54, 1.807) is 23.1 Å². The first-order valence-electron chi connectivity index (χ1n) is 5.18. The second-order valence-electron chi connectivity index (χ2n) is 3.80. The largest absolute Gasteiger partial charge is 0.415 e. The van der Waals surface area contributed by atoms with Crippen molar-refractivity contribution in [2.45, 2.75) is 13.3 Å². The minimum Gasteiger partial charge on any atom is -0.410 e. The van der Waals surface area contributed by atoms with Crippen LogP contribution in [0, 0.1) is 18.3 Å². The van der Waals surface area contributed by atoms with Crippen LogP contribution >= 0.6 is 0 Å². The van der Waals surface area contributed by atoms with E-state index in [2.05, 4.69) is 0 Å². The second kappa shape index (κ2) is 4.23. The maximum atomic E-state index is 11.5. The van der Waals surface area contributed by atoms with Crippen LogP contribution < -0.4 is 4.74 Å². The maximum Gasteiger partial charge on any atom is 0.415 e. The first-order valence-corrected chi connectivity index (χ1v) is 5.18. The van der Waals surface area contributed by atoms with Gasteiger partial charge in [0.15, 0.2) is 0 Å². The van der Waals surface area contributed by atoms with Crippen molar-refractivity contribution in [3.63, 3.8) is 0 Å². The molecule has 0 N–H and O–H groups in total. The summed E-state index contributed by atoms with van der Waals surface area (Å²) < 4.78 is 5.23. The number of hydrogen-bond donors (Lipinski definition) is 0. The van der Waals surface area contributed by atoms with Gasteiger partial charge in [-0.15, -0.1) is 0 Å². The van der Waals surface area contributed by atoms with Crippen LogP contribution in [0.25, 0.3) is 0 Å². The highest BCUT2D eigenvalue weighted by atomic mass is 16.6. The first kappa shape index (κ1) is 10.5. The number of aryl methyl sites for hydroxylation is 1. The Hall–Kier alpha value is -2.02. The van der Waals surface area contributed by atoms with Gasteiger partial charge in [0.05, 0.1) is 11.6 Å². The Bertz CT molecular complexity index is 459. The number of carbonyl (C=O) groups is 1. The van der Waals surface area contributed by atoms with E-state index in [0.717, 1.165) is 25.1 Å². The van der Waals surface area contributed by atoms with Crippen LogP contribution in [0.2, 0.25) is 0 Å². The zero-order chi connectivity index (χ0) is 11.5. The summed E-state index contributed by atoms with van der Waals surface area (Å²) in [6.45, 7) is 3.36. The predicted molar refractivity (Wildman–Crippen MR) is 58.1 cm³/mol. The third-order valence-corrected chi connectivity index (χ3v) is 2.62. The van der Waals surface area contributed by atoms with Crippen LogP contribution in [0.15, 0.2) is 18.2 Å². The van der Waals surface area contributed by atoms with Crippen LogP contribution in [0.3, 0.4) is 0 Å². The van der Waals surface area contributed by atoms with Crippen LogP contribution in [-0.2, 0) is 0 Å². The van der Waals surface area contributed by atoms with Crippen molar-refractivity contribution in [2.24, 2.45) is 0 Å². The number of carbonyl (C=O) groups excluding carboxylic acids is 1. The Kier molecular flexibility index (Phi) is 2.78. The van der Waals surface area contributed by atoms with Crippen LogP contribution in [0.5, 0.6) is 5.75 Å². The molecule has 0 atom stereocenters. The zero-order valence-electron chi connectivity index (χ0n) is 9.06. The van der Waals surface area contributed by atoms with E-state index in [4.69, 9.17) is 10.00 Å². The highest BCUT2D eigenvalue weighted by molar-refractivity contribution is 5.72. The van der Waals surface area contributed by atoms with Crippen LogP contribution in [0.4, 0.5) is 4.79 Å². The van der Waals surface area contributed by atoms with Gasteiger partial charge in [0.25, 0.3) is 0 Å². The highest BCUT2D eigenvalue weighted by Crippen LogP contribution is 2.20. The molecule has 1 aliphatic rings. The molecule has 82 valence electrons. The van der Waals surface area contributed by atoms with Crippen LogP contribution in [0.1, 0.15) is 17.5 Å². The number of nitrogens with zero attached hydrogens (tertiary/aromatic N) is 2. The number of nitriles is 1. The van der Waals surface area contributed by atoms with Crippen LogP contribution in [-0.4, -0.2) is 24.1 Å². The summed E-state index contributed by atoms with van der Waals surface area (Å²) in [4.78, 5) is 13.2. The van der Waals surface area contributed by atoms with E-state index in [0.29, 0.717) is 11.3 Å². The molecule has 2 rings (SSSR count). The van der Waals surface area contributed by atoms with Gasteiger partial charge in [-0.05, 0) is 37.1 Å². The minimum atomic E-state index is -0.306. The number of hydrogen-bond acceptors (Lipinski definition) is 3. The number of likely N-dealkylation sites (tertiary alicyclic amines) is 1. The van der Waals surface area contributed by atoms with Gasteiger partial charge in [-0.25, -0.2) is 4.79 Å². The Morgan fingerprint density at radius 3 is 2.75 bits per heavy atom. The predicted octanol–water partition coefficient (Wildman–Crippen LogP) is 2.07. The average molecular weight is 216 g/mol. The summed E-state index contributed by atoms with van der Waals surface area (Å²) in [6, 6.07) is 7.05. The van der Waals surface area contributed by atoms with Crippen molar-refractivity contribution in [1.29, 1.82) is 5.26 Å². The average Bonchev–Trinajstić information content (AvgIpc) is 2.18. The number of ether oxygens (including phenoxy) is 1. The van der Waals surface area contributed by atoms with Gasteiger partial charge in [0.2, 0.25) is 0 Å². The fraction of sp³-hybridized carbons (Fsp3) is 0.333. The second-order valence-corrected chi connectivity index (χ2v) is 3.80. The zero-order valence-corrected chi connectivity index (χ0v) is 9.06. The molecule has 4 nitrogen and oxygen atoms in total. The molecular weight excluding hydrogens is 204 g/mol. The SMILES string of the molecule is Cc1cc(C#N)ccc1OC(=O)N1CCC1. The van der Waals surface area contributed by atoms with Crippen molar-refractivity contribution in [2.75, 3.05) is 13.1 Å². The lowest BCUT2D eigenvalue weighted by molar-refractivity contribution is 0.124. The molecule has 1 aromatic rings. The van der Waals surface area contributed by atoms with E-state index < -0.39 is 0 Å². The lowest BCUT2D eigenvalue weighted by atomic mass is 10.1. The molecule has 1 saturated heterocycles. The molecule has 0 aromatic heterocycles. The number of rotatable bonds is 1. The van der Waals surface area contributed by atoms with Gasteiger partial charge in [-0.1, -0.05) is 0 Å². The standard InChI is InChI=1S/C12H12N2O2/c1-9-7-10(8-13)3-4-11(9)16-12(15)14-5-2-6-14/h3-4,7H,2,5-6H2,1H3. The van der Waals surface area contributed by atoms with Gasteiger partial charge in [0.1, 0.15) is 5.75 Å². The summed E-state index contributed by atoms with van der Waals surface area (Å²) in [6.07, 6.45) is 0.737. The summed E-state index contributed by atoms with van der Waals surface area (Å²) in [7, 11) is 0. The topological polar surface area (TPSA) is 53.3 Å². The minimum absolute atomic E-state index is 0.306. The normalized spacial score (nSPS) is 13.9. The number of benzene rings is 1. The van der Waals surface area contributed by atoms with Gasteiger partial charge in [-0.2, -0.15) is 5.26 Å². The summed E-state index contributed by atoms with van der Waals surface area (Å²) in [5.41, 5.74) is 1.37.